The van der Waals surface area contributed by atoms with E-state index in [1.807, 2.05) is 0 Å². The summed E-state index contributed by atoms with van der Waals surface area (Å²) in [5, 5.41) is 6.80. The van der Waals surface area contributed by atoms with Crippen molar-refractivity contribution in [2.45, 2.75) is 31.9 Å². The van der Waals surface area contributed by atoms with Crippen molar-refractivity contribution in [3.8, 4) is 0 Å². The van der Waals surface area contributed by atoms with Crippen molar-refractivity contribution in [1.29, 1.82) is 0 Å². The monoisotopic (exact) mass is 351 g/mol. The minimum absolute atomic E-state index is 0.0826. The second-order valence-corrected chi connectivity index (χ2v) is 5.53. The van der Waals surface area contributed by atoms with E-state index >= 15 is 0 Å². The number of hydrogen-bond acceptors (Lipinski definition) is 5. The lowest BCUT2D eigenvalue weighted by molar-refractivity contribution is -0.153. The van der Waals surface area contributed by atoms with E-state index < -0.39 is 42.3 Å². The number of halogens is 1. The minimum atomic E-state index is -1.22. The fraction of sp³-hybridized carbons (Fsp3) is 0.375. The third kappa shape index (κ3) is 5.87. The molecule has 25 heavy (non-hydrogen) atoms. The van der Waals surface area contributed by atoms with E-state index in [-0.39, 0.29) is 11.6 Å². The largest absolute Gasteiger partial charge is 0.451 e. The highest BCUT2D eigenvalue weighted by Gasteiger charge is 2.26. The maximum Gasteiger partial charge on any atom is 0.326 e. The number of ether oxygens (including phenoxy) is 1. The summed E-state index contributed by atoms with van der Waals surface area (Å²) in [4.78, 5) is 46.5. The Kier molecular flexibility index (Phi) is 6.04. The Morgan fingerprint density at radius 3 is 2.56 bits per heavy atom. The van der Waals surface area contributed by atoms with Gasteiger partial charge in [0.1, 0.15) is 12.4 Å². The van der Waals surface area contributed by atoms with Crippen LogP contribution in [0.4, 0.5) is 9.18 Å². The van der Waals surface area contributed by atoms with Gasteiger partial charge in [-0.2, -0.15) is 0 Å². The van der Waals surface area contributed by atoms with Crippen molar-refractivity contribution in [3.63, 3.8) is 0 Å². The number of hydrogen-bond donors (Lipinski definition) is 3. The van der Waals surface area contributed by atoms with Gasteiger partial charge in [0.25, 0.3) is 11.8 Å². The average Bonchev–Trinajstić information content (AvgIpc) is 3.36. The lowest BCUT2D eigenvalue weighted by Gasteiger charge is -2.13. The van der Waals surface area contributed by atoms with Gasteiger partial charge in [0, 0.05) is 6.04 Å². The zero-order chi connectivity index (χ0) is 18.4. The molecule has 0 saturated heterocycles. The van der Waals surface area contributed by atoms with Crippen LogP contribution in [-0.4, -0.2) is 42.5 Å². The molecule has 4 amide bonds. The predicted octanol–water partition coefficient (Wildman–Crippen LogP) is 0.475. The molecule has 1 aliphatic carbocycles. The van der Waals surface area contributed by atoms with Crippen molar-refractivity contribution >= 4 is 23.8 Å². The van der Waals surface area contributed by atoms with Gasteiger partial charge in [-0.1, -0.05) is 12.1 Å². The van der Waals surface area contributed by atoms with Crippen LogP contribution in [0.1, 0.15) is 30.1 Å². The summed E-state index contributed by atoms with van der Waals surface area (Å²) >= 11 is 0. The number of carbonyl (C=O) groups is 4. The predicted molar refractivity (Wildman–Crippen MR) is 84.0 cm³/mol. The van der Waals surface area contributed by atoms with E-state index in [4.69, 9.17) is 4.74 Å². The number of carbonyl (C=O) groups excluding carboxylic acids is 4. The molecule has 134 valence electrons. The second-order valence-electron chi connectivity index (χ2n) is 5.53. The molecule has 1 atom stereocenters. The molecule has 1 aromatic rings. The quantitative estimate of drug-likeness (QED) is 0.645. The van der Waals surface area contributed by atoms with E-state index in [2.05, 4.69) is 16.0 Å². The van der Waals surface area contributed by atoms with Crippen LogP contribution >= 0.6 is 0 Å². The van der Waals surface area contributed by atoms with Crippen molar-refractivity contribution in [1.82, 2.24) is 16.0 Å². The maximum atomic E-state index is 13.4. The van der Waals surface area contributed by atoms with E-state index in [0.717, 1.165) is 18.9 Å². The van der Waals surface area contributed by atoms with Crippen molar-refractivity contribution in [2.24, 2.45) is 0 Å². The molecule has 2 rings (SSSR count). The van der Waals surface area contributed by atoms with Crippen molar-refractivity contribution < 1.29 is 28.3 Å². The first-order valence-electron chi connectivity index (χ1n) is 7.70. The number of nitrogens with one attached hydrogen (secondary N) is 3. The van der Waals surface area contributed by atoms with E-state index in [1.54, 1.807) is 0 Å². The smallest absolute Gasteiger partial charge is 0.326 e. The van der Waals surface area contributed by atoms with Crippen LogP contribution in [0.5, 0.6) is 0 Å². The minimum Gasteiger partial charge on any atom is -0.451 e. The average molecular weight is 351 g/mol. The SMILES string of the molecule is CC(OC(=O)CNC(=O)c1ccccc1F)C(=O)NC(=O)NC1CC1. The Hall–Kier alpha value is -2.97. The Bertz CT molecular complexity index is 690. The Morgan fingerprint density at radius 2 is 1.92 bits per heavy atom. The highest BCUT2D eigenvalue weighted by Crippen LogP contribution is 2.18. The lowest BCUT2D eigenvalue weighted by Crippen LogP contribution is -2.46. The van der Waals surface area contributed by atoms with Crippen molar-refractivity contribution in [3.05, 3.63) is 35.6 Å². The zero-order valence-electron chi connectivity index (χ0n) is 13.5. The first-order chi connectivity index (χ1) is 11.9. The van der Waals surface area contributed by atoms with Crippen LogP contribution in [-0.2, 0) is 14.3 Å². The number of urea groups is 1. The maximum absolute atomic E-state index is 13.4. The second kappa shape index (κ2) is 8.22. The third-order valence-electron chi connectivity index (χ3n) is 3.34. The van der Waals surface area contributed by atoms with Gasteiger partial charge >= 0.3 is 12.0 Å². The molecule has 0 spiro atoms. The van der Waals surface area contributed by atoms with E-state index in [9.17, 15) is 23.6 Å². The molecule has 1 saturated carbocycles. The molecule has 1 fully saturated rings. The number of amides is 4. The summed E-state index contributed by atoms with van der Waals surface area (Å²) in [5.41, 5.74) is -0.210. The molecule has 3 N–H and O–H groups in total. The van der Waals surface area contributed by atoms with Gasteiger partial charge in [-0.05, 0) is 31.9 Å². The third-order valence-corrected chi connectivity index (χ3v) is 3.34. The lowest BCUT2D eigenvalue weighted by atomic mass is 10.2. The molecule has 0 radical (unpaired) electrons. The molecule has 1 aliphatic rings. The topological polar surface area (TPSA) is 114 Å². The molecule has 9 heteroatoms. The van der Waals surface area contributed by atoms with Crippen LogP contribution in [0.25, 0.3) is 0 Å². The summed E-state index contributed by atoms with van der Waals surface area (Å²) in [5.74, 6) is -3.18. The fourth-order valence-corrected chi connectivity index (χ4v) is 1.85. The number of imide groups is 1. The van der Waals surface area contributed by atoms with Crippen LogP contribution < -0.4 is 16.0 Å². The first-order valence-corrected chi connectivity index (χ1v) is 7.70. The highest BCUT2D eigenvalue weighted by atomic mass is 19.1. The van der Waals surface area contributed by atoms with Gasteiger partial charge in [-0.25, -0.2) is 9.18 Å². The molecule has 0 aliphatic heterocycles. The summed E-state index contributed by atoms with van der Waals surface area (Å²) in [7, 11) is 0. The van der Waals surface area contributed by atoms with E-state index in [1.165, 1.54) is 25.1 Å². The normalized spacial score (nSPS) is 14.2. The number of rotatable bonds is 6. The van der Waals surface area contributed by atoms with Gasteiger partial charge < -0.3 is 15.4 Å². The van der Waals surface area contributed by atoms with Crippen molar-refractivity contribution in [2.75, 3.05) is 6.54 Å². The fourth-order valence-electron chi connectivity index (χ4n) is 1.85. The van der Waals surface area contributed by atoms with Crippen LogP contribution in [0.15, 0.2) is 24.3 Å². The van der Waals surface area contributed by atoms with Gasteiger partial charge in [-0.3, -0.25) is 19.7 Å². The molecule has 0 bridgehead atoms. The summed E-state index contributed by atoms with van der Waals surface area (Å²) in [6.07, 6.45) is 0.518. The molecular weight excluding hydrogens is 333 g/mol. The number of esters is 1. The molecular formula is C16H18FN3O5. The van der Waals surface area contributed by atoms with Crippen LogP contribution in [0.2, 0.25) is 0 Å². The summed E-state index contributed by atoms with van der Waals surface area (Å²) in [6, 6.07) is 4.73. The molecule has 1 aromatic carbocycles. The highest BCUT2D eigenvalue weighted by molar-refractivity contribution is 5.98. The summed E-state index contributed by atoms with van der Waals surface area (Å²) in [6.45, 7) is 0.745. The standard InChI is InChI=1S/C16H18FN3O5/c1-9(14(22)20-16(24)19-10-6-7-10)25-13(21)8-18-15(23)11-4-2-3-5-12(11)17/h2-5,9-10H,6-8H2,1H3,(H,18,23)(H2,19,20,22,24). The summed E-state index contributed by atoms with van der Waals surface area (Å²) < 4.78 is 18.2. The van der Waals surface area contributed by atoms with Gasteiger partial charge in [-0.15, -0.1) is 0 Å². The van der Waals surface area contributed by atoms with Gasteiger partial charge in [0.15, 0.2) is 6.10 Å². The van der Waals surface area contributed by atoms with Crippen LogP contribution in [0.3, 0.4) is 0 Å². The first kappa shape index (κ1) is 18.4. The van der Waals surface area contributed by atoms with Gasteiger partial charge in [0.05, 0.1) is 5.56 Å². The number of benzene rings is 1. The Morgan fingerprint density at radius 1 is 1.24 bits per heavy atom. The van der Waals surface area contributed by atoms with Gasteiger partial charge in [0.2, 0.25) is 0 Å². The molecule has 1 unspecified atom stereocenters. The zero-order valence-corrected chi connectivity index (χ0v) is 13.5. The molecule has 8 nitrogen and oxygen atoms in total. The molecule has 0 aromatic heterocycles. The molecule has 0 heterocycles. The van der Waals surface area contributed by atoms with E-state index in [0.29, 0.717) is 0 Å². The van der Waals surface area contributed by atoms with Crippen LogP contribution in [0, 0.1) is 5.82 Å². The Balaban J connectivity index is 1.73. The Labute approximate surface area is 143 Å².